The van der Waals surface area contributed by atoms with Gasteiger partial charge in [-0.2, -0.15) is 0 Å². The van der Waals surface area contributed by atoms with Gasteiger partial charge in [0, 0.05) is 11.2 Å². The lowest BCUT2D eigenvalue weighted by Gasteiger charge is -2.24. The Hall–Kier alpha value is -1.42. The highest BCUT2D eigenvalue weighted by atomic mass is 32.2. The van der Waals surface area contributed by atoms with Crippen LogP contribution < -0.4 is 5.73 Å². The molecule has 2 heterocycles. The van der Waals surface area contributed by atoms with Gasteiger partial charge in [0.15, 0.2) is 16.6 Å². The van der Waals surface area contributed by atoms with Crippen molar-refractivity contribution in [1.82, 2.24) is 19.5 Å². The van der Waals surface area contributed by atoms with Gasteiger partial charge in [0.2, 0.25) is 0 Å². The Morgan fingerprint density at radius 3 is 2.78 bits per heavy atom. The van der Waals surface area contributed by atoms with Crippen LogP contribution in [0.1, 0.15) is 38.1 Å². The number of fused-ring (bicyclic) bond motifs is 2. The van der Waals surface area contributed by atoms with Gasteiger partial charge in [-0.1, -0.05) is 31.0 Å². The molecular weight excluding hydrogens is 366 g/mol. The SMILES string of the molecule is Nc1nc(SCCC2CCC2)nc2c1ncn2[C@H]1C(O)[C@@H](O)[C@]2(CO)C[C@H]12. The van der Waals surface area contributed by atoms with Crippen LogP contribution in [0.25, 0.3) is 11.2 Å². The highest BCUT2D eigenvalue weighted by Crippen LogP contribution is 2.67. The maximum atomic E-state index is 10.6. The van der Waals surface area contributed by atoms with Gasteiger partial charge in [-0.05, 0) is 24.7 Å². The number of rotatable bonds is 6. The van der Waals surface area contributed by atoms with Crippen LogP contribution in [0.15, 0.2) is 11.5 Å². The molecule has 5 N–H and O–H groups in total. The zero-order chi connectivity index (χ0) is 18.8. The monoisotopic (exact) mass is 391 g/mol. The Morgan fingerprint density at radius 1 is 1.30 bits per heavy atom. The number of nitrogens with two attached hydrogens (primary N) is 1. The van der Waals surface area contributed by atoms with Crippen molar-refractivity contribution in [2.75, 3.05) is 18.1 Å². The molecule has 0 spiro atoms. The molecule has 3 fully saturated rings. The van der Waals surface area contributed by atoms with E-state index in [2.05, 4.69) is 15.0 Å². The molecule has 2 aromatic rings. The first-order valence-electron chi connectivity index (χ1n) is 9.65. The number of aliphatic hydroxyl groups excluding tert-OH is 3. The molecule has 5 atom stereocenters. The number of aliphatic hydroxyl groups is 3. The van der Waals surface area contributed by atoms with Crippen LogP contribution in [0.4, 0.5) is 5.82 Å². The molecule has 1 unspecified atom stereocenters. The molecule has 27 heavy (non-hydrogen) atoms. The lowest BCUT2D eigenvalue weighted by Crippen LogP contribution is -2.35. The average molecular weight is 391 g/mol. The fourth-order valence-electron chi connectivity index (χ4n) is 4.85. The van der Waals surface area contributed by atoms with E-state index < -0.39 is 17.6 Å². The minimum absolute atomic E-state index is 0.0100. The summed E-state index contributed by atoms with van der Waals surface area (Å²) in [7, 11) is 0. The summed E-state index contributed by atoms with van der Waals surface area (Å²) in [5.74, 6) is 2.14. The van der Waals surface area contributed by atoms with E-state index in [-0.39, 0.29) is 18.6 Å². The van der Waals surface area contributed by atoms with E-state index in [9.17, 15) is 15.3 Å². The van der Waals surface area contributed by atoms with Gasteiger partial charge in [-0.15, -0.1) is 0 Å². The molecule has 0 radical (unpaired) electrons. The van der Waals surface area contributed by atoms with Gasteiger partial charge in [0.05, 0.1) is 25.1 Å². The third-order valence-electron chi connectivity index (χ3n) is 6.88. The summed E-state index contributed by atoms with van der Waals surface area (Å²) >= 11 is 1.60. The molecule has 5 rings (SSSR count). The minimum atomic E-state index is -0.959. The molecule has 0 amide bonds. The molecule has 3 aliphatic carbocycles. The summed E-state index contributed by atoms with van der Waals surface area (Å²) in [5, 5.41) is 31.3. The second-order valence-electron chi connectivity index (χ2n) is 8.28. The molecule has 0 aromatic carbocycles. The number of imidazole rings is 1. The van der Waals surface area contributed by atoms with Crippen LogP contribution in [-0.4, -0.2) is 59.4 Å². The van der Waals surface area contributed by atoms with E-state index in [1.165, 1.54) is 25.7 Å². The van der Waals surface area contributed by atoms with E-state index in [0.717, 1.165) is 11.7 Å². The van der Waals surface area contributed by atoms with E-state index in [1.54, 1.807) is 18.1 Å². The smallest absolute Gasteiger partial charge is 0.191 e. The summed E-state index contributed by atoms with van der Waals surface area (Å²) in [5.41, 5.74) is 6.61. The summed E-state index contributed by atoms with van der Waals surface area (Å²) in [6, 6.07) is -0.362. The fourth-order valence-corrected chi connectivity index (χ4v) is 5.80. The predicted octanol–water partition coefficient (Wildman–Crippen LogP) is 0.966. The summed E-state index contributed by atoms with van der Waals surface area (Å²) in [4.78, 5) is 13.4. The quantitative estimate of drug-likeness (QED) is 0.423. The van der Waals surface area contributed by atoms with Crippen LogP contribution in [0, 0.1) is 17.3 Å². The van der Waals surface area contributed by atoms with Gasteiger partial charge < -0.3 is 25.6 Å². The second-order valence-corrected chi connectivity index (χ2v) is 9.34. The number of hydrogen-bond acceptors (Lipinski definition) is 8. The van der Waals surface area contributed by atoms with Crippen molar-refractivity contribution >= 4 is 28.7 Å². The maximum Gasteiger partial charge on any atom is 0.191 e. The fraction of sp³-hybridized carbons (Fsp3) is 0.722. The maximum absolute atomic E-state index is 10.6. The molecule has 8 nitrogen and oxygen atoms in total. The topological polar surface area (TPSA) is 130 Å². The van der Waals surface area contributed by atoms with E-state index in [1.807, 2.05) is 4.57 Å². The molecule has 0 bridgehead atoms. The van der Waals surface area contributed by atoms with Crippen molar-refractivity contribution in [2.24, 2.45) is 17.3 Å². The van der Waals surface area contributed by atoms with Crippen molar-refractivity contribution in [3.63, 3.8) is 0 Å². The summed E-state index contributed by atoms with van der Waals surface area (Å²) in [6.45, 7) is -0.127. The largest absolute Gasteiger partial charge is 0.396 e. The van der Waals surface area contributed by atoms with Crippen molar-refractivity contribution in [1.29, 1.82) is 0 Å². The number of nitrogens with zero attached hydrogens (tertiary/aromatic N) is 4. The molecule has 9 heteroatoms. The third kappa shape index (κ3) is 2.59. The van der Waals surface area contributed by atoms with Crippen LogP contribution in [0.5, 0.6) is 0 Å². The molecule has 146 valence electrons. The van der Waals surface area contributed by atoms with Crippen molar-refractivity contribution in [3.05, 3.63) is 6.33 Å². The number of thioether (sulfide) groups is 1. The first-order valence-corrected chi connectivity index (χ1v) is 10.6. The molecule has 2 aromatic heterocycles. The predicted molar refractivity (Wildman–Crippen MR) is 101 cm³/mol. The Balaban J connectivity index is 1.43. The lowest BCUT2D eigenvalue weighted by atomic mass is 9.84. The number of nitrogen functional groups attached to an aromatic ring is 1. The van der Waals surface area contributed by atoms with Crippen molar-refractivity contribution in [2.45, 2.75) is 55.5 Å². The van der Waals surface area contributed by atoms with Gasteiger partial charge in [-0.25, -0.2) is 15.0 Å². The molecule has 0 saturated heterocycles. The standard InChI is InChI=1S/C18H25N5O3S/c19-15-11-16(22-17(21-15)27-5-4-9-2-1-3-9)23(8-20-11)12-10-6-18(10,7-24)14(26)13(12)25/h8-10,12-14,24-26H,1-7H2,(H2,19,21,22)/t10-,12-,13?,14-,18+/m1/s1. The van der Waals surface area contributed by atoms with Gasteiger partial charge in [-0.3, -0.25) is 0 Å². The normalized spacial score (nSPS) is 35.4. The average Bonchev–Trinajstić information content (AvgIpc) is 3.13. The lowest BCUT2D eigenvalue weighted by molar-refractivity contribution is -0.0300. The summed E-state index contributed by atoms with van der Waals surface area (Å²) < 4.78 is 1.81. The number of aromatic nitrogens is 4. The Labute approximate surface area is 161 Å². The molecule has 0 aliphatic heterocycles. The molecule has 3 aliphatic rings. The number of hydrogen-bond donors (Lipinski definition) is 4. The third-order valence-corrected chi connectivity index (χ3v) is 7.76. The zero-order valence-corrected chi connectivity index (χ0v) is 15.8. The van der Waals surface area contributed by atoms with Gasteiger partial charge in [0.1, 0.15) is 11.6 Å². The van der Waals surface area contributed by atoms with E-state index in [4.69, 9.17) is 5.73 Å². The van der Waals surface area contributed by atoms with Crippen LogP contribution in [0.2, 0.25) is 0 Å². The van der Waals surface area contributed by atoms with Gasteiger partial charge in [0.25, 0.3) is 0 Å². The number of anilines is 1. The molecule has 3 saturated carbocycles. The van der Waals surface area contributed by atoms with Crippen LogP contribution in [-0.2, 0) is 0 Å². The van der Waals surface area contributed by atoms with Crippen molar-refractivity contribution in [3.8, 4) is 0 Å². The van der Waals surface area contributed by atoms with Gasteiger partial charge >= 0.3 is 0 Å². The van der Waals surface area contributed by atoms with E-state index in [0.29, 0.717) is 28.6 Å². The minimum Gasteiger partial charge on any atom is -0.396 e. The van der Waals surface area contributed by atoms with E-state index >= 15 is 0 Å². The van der Waals surface area contributed by atoms with Crippen molar-refractivity contribution < 1.29 is 15.3 Å². The first-order chi connectivity index (χ1) is 13.0. The molecular formula is C18H25N5O3S. The Kier molecular flexibility index (Phi) is 4.12. The van der Waals surface area contributed by atoms with Crippen LogP contribution in [0.3, 0.4) is 0 Å². The Bertz CT molecular complexity index is 872. The van der Waals surface area contributed by atoms with Crippen LogP contribution >= 0.6 is 11.8 Å². The highest BCUT2D eigenvalue weighted by Gasteiger charge is 2.71. The summed E-state index contributed by atoms with van der Waals surface area (Å²) in [6.07, 6.45) is 5.57. The Morgan fingerprint density at radius 2 is 2.11 bits per heavy atom. The second kappa shape index (κ2) is 6.30. The first kappa shape index (κ1) is 17.7. The zero-order valence-electron chi connectivity index (χ0n) is 15.0. The highest BCUT2D eigenvalue weighted by molar-refractivity contribution is 7.99.